The molecule has 0 fully saturated rings. The average molecular weight is 278 g/mol. The molecule has 0 aliphatic heterocycles. The Kier molecular flexibility index (Phi) is 4.28. The van der Waals surface area contributed by atoms with Crippen LogP contribution in [0.1, 0.15) is 16.3 Å². The Morgan fingerprint density at radius 3 is 2.67 bits per heavy atom. The van der Waals surface area contributed by atoms with E-state index >= 15 is 0 Å². The lowest BCUT2D eigenvalue weighted by Gasteiger charge is -2.05. The summed E-state index contributed by atoms with van der Waals surface area (Å²) in [6, 6.07) is 7.80. The van der Waals surface area contributed by atoms with Crippen molar-refractivity contribution in [2.24, 2.45) is 5.73 Å². The molecule has 0 atom stereocenters. The molecule has 0 aliphatic carbocycles. The standard InChI is InChI=1S/C13H14N2OS2/c1-9-8-18-13(15-9)7-16-11-4-2-10(3-5-11)6-12(14)17/h2-5,8H,6-7H2,1H3,(H2,14,17). The van der Waals surface area contributed by atoms with Crippen LogP contribution in [0.4, 0.5) is 0 Å². The predicted octanol–water partition coefficient (Wildman–Crippen LogP) is 2.86. The second kappa shape index (κ2) is 5.93. The molecular weight excluding hydrogens is 264 g/mol. The summed E-state index contributed by atoms with van der Waals surface area (Å²) in [5.74, 6) is 0.828. The maximum Gasteiger partial charge on any atom is 0.140 e. The molecule has 0 aliphatic rings. The van der Waals surface area contributed by atoms with Crippen molar-refractivity contribution in [3.8, 4) is 5.75 Å². The average Bonchev–Trinajstić information content (AvgIpc) is 2.74. The van der Waals surface area contributed by atoms with E-state index in [-0.39, 0.29) is 0 Å². The van der Waals surface area contributed by atoms with Crippen LogP contribution in [-0.2, 0) is 13.0 Å². The van der Waals surface area contributed by atoms with Gasteiger partial charge in [0.05, 0.1) is 4.99 Å². The lowest BCUT2D eigenvalue weighted by atomic mass is 10.1. The van der Waals surface area contributed by atoms with Crippen LogP contribution < -0.4 is 10.5 Å². The Bertz CT molecular complexity index is 534. The van der Waals surface area contributed by atoms with Crippen LogP contribution in [0, 0.1) is 6.92 Å². The third-order valence-corrected chi connectivity index (χ3v) is 3.42. The topological polar surface area (TPSA) is 48.1 Å². The highest BCUT2D eigenvalue weighted by atomic mass is 32.1. The predicted molar refractivity (Wildman–Crippen MR) is 78.1 cm³/mol. The van der Waals surface area contributed by atoms with Crippen molar-refractivity contribution in [1.82, 2.24) is 4.98 Å². The van der Waals surface area contributed by atoms with Gasteiger partial charge in [-0.2, -0.15) is 0 Å². The Hall–Kier alpha value is -1.46. The zero-order valence-corrected chi connectivity index (χ0v) is 11.7. The third kappa shape index (κ3) is 3.78. The molecule has 0 spiro atoms. The molecule has 0 amide bonds. The molecule has 18 heavy (non-hydrogen) atoms. The van der Waals surface area contributed by atoms with E-state index in [4.69, 9.17) is 22.7 Å². The van der Waals surface area contributed by atoms with Crippen molar-refractivity contribution in [2.45, 2.75) is 20.0 Å². The van der Waals surface area contributed by atoms with E-state index in [1.165, 1.54) is 0 Å². The molecule has 0 saturated heterocycles. The van der Waals surface area contributed by atoms with E-state index < -0.39 is 0 Å². The van der Waals surface area contributed by atoms with Crippen molar-refractivity contribution in [3.63, 3.8) is 0 Å². The van der Waals surface area contributed by atoms with Gasteiger partial charge in [-0.1, -0.05) is 24.4 Å². The number of hydrogen-bond acceptors (Lipinski definition) is 4. The van der Waals surface area contributed by atoms with Crippen LogP contribution >= 0.6 is 23.6 Å². The lowest BCUT2D eigenvalue weighted by Crippen LogP contribution is -2.10. The summed E-state index contributed by atoms with van der Waals surface area (Å²) in [7, 11) is 0. The Morgan fingerprint density at radius 1 is 1.39 bits per heavy atom. The fourth-order valence-electron chi connectivity index (χ4n) is 1.52. The van der Waals surface area contributed by atoms with Gasteiger partial charge in [-0.3, -0.25) is 0 Å². The summed E-state index contributed by atoms with van der Waals surface area (Å²) < 4.78 is 5.65. The van der Waals surface area contributed by atoms with Gasteiger partial charge in [-0.05, 0) is 24.6 Å². The van der Waals surface area contributed by atoms with Gasteiger partial charge in [0.1, 0.15) is 17.4 Å². The van der Waals surface area contributed by atoms with E-state index in [9.17, 15) is 0 Å². The molecule has 0 bridgehead atoms. The highest BCUT2D eigenvalue weighted by molar-refractivity contribution is 7.80. The second-order valence-corrected chi connectivity index (χ2v) is 5.43. The molecule has 0 saturated carbocycles. The largest absolute Gasteiger partial charge is 0.486 e. The number of rotatable bonds is 5. The summed E-state index contributed by atoms with van der Waals surface area (Å²) >= 11 is 6.48. The lowest BCUT2D eigenvalue weighted by molar-refractivity contribution is 0.305. The molecule has 1 aromatic carbocycles. The van der Waals surface area contributed by atoms with E-state index in [0.717, 1.165) is 22.0 Å². The first kappa shape index (κ1) is 13.0. The molecule has 2 N–H and O–H groups in total. The first-order valence-corrected chi connectivity index (χ1v) is 6.83. The Balaban J connectivity index is 1.92. The minimum Gasteiger partial charge on any atom is -0.486 e. The summed E-state index contributed by atoms with van der Waals surface area (Å²) in [6.45, 7) is 2.48. The molecular formula is C13H14N2OS2. The maximum atomic E-state index is 5.65. The smallest absolute Gasteiger partial charge is 0.140 e. The number of hydrogen-bond donors (Lipinski definition) is 1. The minimum atomic E-state index is 0.502. The number of nitrogens with zero attached hydrogens (tertiary/aromatic N) is 1. The summed E-state index contributed by atoms with van der Waals surface area (Å²) in [4.78, 5) is 4.84. The molecule has 1 heterocycles. The SMILES string of the molecule is Cc1csc(COc2ccc(CC(N)=S)cc2)n1. The maximum absolute atomic E-state index is 5.65. The summed E-state index contributed by atoms with van der Waals surface area (Å²) in [5.41, 5.74) is 7.62. The second-order valence-electron chi connectivity index (χ2n) is 3.96. The summed E-state index contributed by atoms with van der Waals surface area (Å²) in [6.07, 6.45) is 0.626. The minimum absolute atomic E-state index is 0.502. The molecule has 94 valence electrons. The molecule has 1 aromatic heterocycles. The zero-order chi connectivity index (χ0) is 13.0. The van der Waals surface area contributed by atoms with Crippen LogP contribution in [0.25, 0.3) is 0 Å². The van der Waals surface area contributed by atoms with E-state index in [0.29, 0.717) is 18.0 Å². The van der Waals surface area contributed by atoms with Gasteiger partial charge in [0.25, 0.3) is 0 Å². The molecule has 0 unspecified atom stereocenters. The number of ether oxygens (including phenoxy) is 1. The van der Waals surface area contributed by atoms with Gasteiger partial charge in [0.15, 0.2) is 0 Å². The Morgan fingerprint density at radius 2 is 2.11 bits per heavy atom. The summed E-state index contributed by atoms with van der Waals surface area (Å²) in [5, 5.41) is 3.00. The van der Waals surface area contributed by atoms with Crippen LogP contribution in [0.3, 0.4) is 0 Å². The zero-order valence-electron chi connectivity index (χ0n) is 10.1. The van der Waals surface area contributed by atoms with E-state index in [2.05, 4.69) is 4.98 Å². The van der Waals surface area contributed by atoms with Gasteiger partial charge in [0.2, 0.25) is 0 Å². The number of aryl methyl sites for hydroxylation is 1. The van der Waals surface area contributed by atoms with Crippen LogP contribution in [-0.4, -0.2) is 9.97 Å². The van der Waals surface area contributed by atoms with Crippen LogP contribution in [0.5, 0.6) is 5.75 Å². The third-order valence-electron chi connectivity index (χ3n) is 2.33. The number of thiazole rings is 1. The highest BCUT2D eigenvalue weighted by Crippen LogP contribution is 2.16. The van der Waals surface area contributed by atoms with Crippen molar-refractivity contribution in [3.05, 3.63) is 45.9 Å². The van der Waals surface area contributed by atoms with E-state index in [1.54, 1.807) is 11.3 Å². The number of aromatic nitrogens is 1. The van der Waals surface area contributed by atoms with Crippen molar-refractivity contribution in [2.75, 3.05) is 0 Å². The number of thiocarbonyl (C=S) groups is 1. The van der Waals surface area contributed by atoms with Gasteiger partial charge >= 0.3 is 0 Å². The van der Waals surface area contributed by atoms with Crippen LogP contribution in [0.15, 0.2) is 29.6 Å². The van der Waals surface area contributed by atoms with Crippen molar-refractivity contribution < 1.29 is 4.74 Å². The van der Waals surface area contributed by atoms with Gasteiger partial charge in [0, 0.05) is 17.5 Å². The van der Waals surface area contributed by atoms with Gasteiger partial charge in [-0.15, -0.1) is 11.3 Å². The number of nitrogens with two attached hydrogens (primary N) is 1. The number of benzene rings is 1. The molecule has 3 nitrogen and oxygen atoms in total. The monoisotopic (exact) mass is 278 g/mol. The Labute approximate surface area is 116 Å². The normalized spacial score (nSPS) is 10.3. The van der Waals surface area contributed by atoms with Gasteiger partial charge in [-0.25, -0.2) is 4.98 Å². The molecule has 0 radical (unpaired) electrons. The highest BCUT2D eigenvalue weighted by Gasteiger charge is 2.01. The molecule has 2 rings (SSSR count). The fourth-order valence-corrected chi connectivity index (χ4v) is 2.37. The van der Waals surface area contributed by atoms with Crippen molar-refractivity contribution in [1.29, 1.82) is 0 Å². The van der Waals surface area contributed by atoms with Crippen LogP contribution in [0.2, 0.25) is 0 Å². The molecule has 2 aromatic rings. The van der Waals surface area contributed by atoms with Crippen molar-refractivity contribution >= 4 is 28.5 Å². The van der Waals surface area contributed by atoms with E-state index in [1.807, 2.05) is 36.6 Å². The fraction of sp³-hybridized carbons (Fsp3) is 0.231. The molecule has 5 heteroatoms. The first-order chi connectivity index (χ1) is 8.63. The first-order valence-electron chi connectivity index (χ1n) is 5.54. The van der Waals surface area contributed by atoms with Gasteiger partial charge < -0.3 is 10.5 Å². The quantitative estimate of drug-likeness (QED) is 0.854.